The molecule has 1 fully saturated rings. The number of thiophene rings is 1. The minimum atomic E-state index is -4.63. The van der Waals surface area contributed by atoms with Crippen LogP contribution in [0.25, 0.3) is 11.1 Å². The van der Waals surface area contributed by atoms with Crippen molar-refractivity contribution in [2.45, 2.75) is 37.8 Å². The molecule has 3 aromatic rings. The van der Waals surface area contributed by atoms with Gasteiger partial charge in [0.15, 0.2) is 0 Å². The molecule has 0 saturated heterocycles. The van der Waals surface area contributed by atoms with Crippen molar-refractivity contribution in [2.24, 2.45) is 5.92 Å². The lowest BCUT2D eigenvalue weighted by Gasteiger charge is -2.29. The number of benzene rings is 2. The van der Waals surface area contributed by atoms with Crippen molar-refractivity contribution in [2.75, 3.05) is 12.4 Å². The molecule has 1 aliphatic rings. The number of amides is 1. The SMILES string of the molecule is COc1cscc1-c1ccc(C2CCCC(C(=O)Nc3ccc(C(F)(F)F)cc3F)C2)cc1.O=CO. The number of carboxylic acid groups (broad SMARTS) is 1. The molecule has 0 aliphatic heterocycles. The molecule has 10 heteroatoms. The molecule has 192 valence electrons. The summed E-state index contributed by atoms with van der Waals surface area (Å²) in [6, 6.07) is 10.4. The minimum Gasteiger partial charge on any atom is -0.495 e. The summed E-state index contributed by atoms with van der Waals surface area (Å²) in [5, 5.41) is 13.4. The molecule has 5 nitrogen and oxygen atoms in total. The van der Waals surface area contributed by atoms with Gasteiger partial charge in [0.2, 0.25) is 5.91 Å². The third-order valence-electron chi connectivity index (χ3n) is 6.14. The predicted octanol–water partition coefficient (Wildman–Crippen LogP) is 7.19. The number of alkyl halides is 3. The topological polar surface area (TPSA) is 75.6 Å². The highest BCUT2D eigenvalue weighted by atomic mass is 32.1. The summed E-state index contributed by atoms with van der Waals surface area (Å²) < 4.78 is 57.7. The quantitative estimate of drug-likeness (QED) is 0.274. The molecule has 2 N–H and O–H groups in total. The monoisotopic (exact) mass is 523 g/mol. The first kappa shape index (κ1) is 27.2. The second kappa shape index (κ2) is 12.0. The maximum Gasteiger partial charge on any atom is 0.416 e. The number of nitrogens with one attached hydrogen (secondary N) is 1. The van der Waals surface area contributed by atoms with E-state index in [9.17, 15) is 22.4 Å². The van der Waals surface area contributed by atoms with E-state index in [0.29, 0.717) is 18.9 Å². The van der Waals surface area contributed by atoms with E-state index in [4.69, 9.17) is 14.6 Å². The van der Waals surface area contributed by atoms with Crippen molar-refractivity contribution in [3.8, 4) is 16.9 Å². The Balaban J connectivity index is 0.00000115. The Morgan fingerprint density at radius 3 is 2.44 bits per heavy atom. The number of carbonyl (C=O) groups excluding carboxylic acids is 1. The van der Waals surface area contributed by atoms with Crippen molar-refractivity contribution in [3.63, 3.8) is 0 Å². The first-order valence-corrected chi connectivity index (χ1v) is 12.1. The lowest BCUT2D eigenvalue weighted by Crippen LogP contribution is -2.28. The van der Waals surface area contributed by atoms with Crippen molar-refractivity contribution >= 4 is 29.4 Å². The highest BCUT2D eigenvalue weighted by Gasteiger charge is 2.32. The van der Waals surface area contributed by atoms with E-state index in [0.717, 1.165) is 47.4 Å². The zero-order chi connectivity index (χ0) is 26.3. The first-order chi connectivity index (χ1) is 17.2. The zero-order valence-electron chi connectivity index (χ0n) is 19.3. The Labute approximate surface area is 209 Å². The van der Waals surface area contributed by atoms with Gasteiger partial charge in [-0.2, -0.15) is 13.2 Å². The predicted molar refractivity (Wildman–Crippen MR) is 130 cm³/mol. The lowest BCUT2D eigenvalue weighted by atomic mass is 9.77. The van der Waals surface area contributed by atoms with Crippen molar-refractivity contribution in [1.29, 1.82) is 0 Å². The highest BCUT2D eigenvalue weighted by molar-refractivity contribution is 7.08. The van der Waals surface area contributed by atoms with E-state index in [2.05, 4.69) is 17.4 Å². The lowest BCUT2D eigenvalue weighted by molar-refractivity contribution is -0.137. The molecule has 2 aromatic carbocycles. The van der Waals surface area contributed by atoms with Crippen LogP contribution >= 0.6 is 11.3 Å². The molecule has 2 unspecified atom stereocenters. The average molecular weight is 524 g/mol. The van der Waals surface area contributed by atoms with E-state index in [1.165, 1.54) is 0 Å². The van der Waals surface area contributed by atoms with Crippen LogP contribution in [0, 0.1) is 11.7 Å². The zero-order valence-corrected chi connectivity index (χ0v) is 20.2. The number of ether oxygens (including phenoxy) is 1. The standard InChI is InChI=1S/C25H23F4NO2S.CH2O2/c1-32-23-14-33-13-20(23)16-7-5-15(6-8-16)17-3-2-4-18(11-17)24(31)30-22-10-9-19(12-21(22)26)25(27,28)29;2-1-3/h5-10,12-14,17-18H,2-4,11H2,1H3,(H,30,31);1H,(H,2,3). The second-order valence-electron chi connectivity index (χ2n) is 8.32. The van der Waals surface area contributed by atoms with Gasteiger partial charge < -0.3 is 15.2 Å². The van der Waals surface area contributed by atoms with E-state index in [1.807, 2.05) is 22.9 Å². The molecular weight excluding hydrogens is 498 g/mol. The molecular formula is C26H25F4NO4S. The Hall–Kier alpha value is -3.40. The van der Waals surface area contributed by atoms with E-state index < -0.39 is 17.6 Å². The van der Waals surface area contributed by atoms with Gasteiger partial charge in [0.25, 0.3) is 6.47 Å². The van der Waals surface area contributed by atoms with Crippen LogP contribution in [0.15, 0.2) is 53.2 Å². The molecule has 1 amide bonds. The van der Waals surface area contributed by atoms with Gasteiger partial charge in [0.1, 0.15) is 11.6 Å². The van der Waals surface area contributed by atoms with Crippen LogP contribution in [-0.2, 0) is 15.8 Å². The van der Waals surface area contributed by atoms with Gasteiger partial charge in [0, 0.05) is 22.2 Å². The number of anilines is 1. The summed E-state index contributed by atoms with van der Waals surface area (Å²) in [5.74, 6) is -0.770. The molecule has 2 atom stereocenters. The second-order valence-corrected chi connectivity index (χ2v) is 9.07. The Morgan fingerprint density at radius 2 is 1.83 bits per heavy atom. The maximum absolute atomic E-state index is 14.1. The molecule has 0 radical (unpaired) electrons. The van der Waals surface area contributed by atoms with E-state index in [-0.39, 0.29) is 29.9 Å². The van der Waals surface area contributed by atoms with Crippen LogP contribution in [0.2, 0.25) is 0 Å². The fourth-order valence-corrected chi connectivity index (χ4v) is 5.15. The molecule has 36 heavy (non-hydrogen) atoms. The fraction of sp³-hybridized carbons (Fsp3) is 0.308. The molecule has 0 spiro atoms. The van der Waals surface area contributed by atoms with E-state index in [1.54, 1.807) is 18.4 Å². The van der Waals surface area contributed by atoms with Gasteiger partial charge in [-0.25, -0.2) is 4.39 Å². The molecule has 1 aliphatic carbocycles. The van der Waals surface area contributed by atoms with Crippen LogP contribution < -0.4 is 10.1 Å². The third kappa shape index (κ3) is 6.63. The summed E-state index contributed by atoms with van der Waals surface area (Å²) in [5.41, 5.74) is 1.91. The number of hydrogen-bond acceptors (Lipinski definition) is 4. The molecule has 1 saturated carbocycles. The summed E-state index contributed by atoms with van der Waals surface area (Å²) >= 11 is 1.57. The van der Waals surface area contributed by atoms with Gasteiger partial charge in [0.05, 0.1) is 18.4 Å². The van der Waals surface area contributed by atoms with Gasteiger partial charge >= 0.3 is 6.18 Å². The maximum atomic E-state index is 14.1. The fourth-order valence-electron chi connectivity index (χ4n) is 4.35. The third-order valence-corrected chi connectivity index (χ3v) is 6.86. The Bertz CT molecular complexity index is 1180. The molecule has 1 aromatic heterocycles. The van der Waals surface area contributed by atoms with Crippen molar-refractivity contribution in [3.05, 3.63) is 70.2 Å². The normalized spacial score (nSPS) is 17.5. The van der Waals surface area contributed by atoms with Crippen LogP contribution in [0.4, 0.5) is 23.2 Å². The smallest absolute Gasteiger partial charge is 0.416 e. The Morgan fingerprint density at radius 1 is 1.14 bits per heavy atom. The number of hydrogen-bond donors (Lipinski definition) is 2. The molecule has 1 heterocycles. The van der Waals surface area contributed by atoms with Gasteiger partial charge in [-0.1, -0.05) is 30.7 Å². The van der Waals surface area contributed by atoms with Gasteiger partial charge in [-0.05, 0) is 54.5 Å². The molecule has 4 rings (SSSR count). The van der Waals surface area contributed by atoms with Crippen molar-refractivity contribution < 1.29 is 37.0 Å². The van der Waals surface area contributed by atoms with Gasteiger partial charge in [-0.15, -0.1) is 11.3 Å². The summed E-state index contributed by atoms with van der Waals surface area (Å²) in [4.78, 5) is 21.1. The summed E-state index contributed by atoms with van der Waals surface area (Å²) in [6.07, 6.45) is -1.58. The summed E-state index contributed by atoms with van der Waals surface area (Å²) in [7, 11) is 1.64. The first-order valence-electron chi connectivity index (χ1n) is 11.1. The van der Waals surface area contributed by atoms with Gasteiger partial charge in [-0.3, -0.25) is 9.59 Å². The van der Waals surface area contributed by atoms with E-state index >= 15 is 0 Å². The number of carbonyl (C=O) groups is 2. The van der Waals surface area contributed by atoms with Crippen LogP contribution in [0.3, 0.4) is 0 Å². The number of methoxy groups -OCH3 is 1. The number of rotatable bonds is 5. The Kier molecular flexibility index (Phi) is 9.08. The average Bonchev–Trinajstić information content (AvgIpc) is 3.34. The van der Waals surface area contributed by atoms with Crippen molar-refractivity contribution in [1.82, 2.24) is 0 Å². The molecule has 0 bridgehead atoms. The number of halogens is 4. The minimum absolute atomic E-state index is 0.186. The van der Waals surface area contributed by atoms with Crippen LogP contribution in [0.5, 0.6) is 5.75 Å². The van der Waals surface area contributed by atoms with Crippen LogP contribution in [-0.4, -0.2) is 24.6 Å². The summed E-state index contributed by atoms with van der Waals surface area (Å²) in [6.45, 7) is -0.250. The largest absolute Gasteiger partial charge is 0.495 e. The van der Waals surface area contributed by atoms with Crippen LogP contribution in [0.1, 0.15) is 42.7 Å². The highest BCUT2D eigenvalue weighted by Crippen LogP contribution is 2.39.